The average molecular weight is 298 g/mol. The summed E-state index contributed by atoms with van der Waals surface area (Å²) >= 11 is 3.47. The molecular weight excluding hydrogens is 278 g/mol. The van der Waals surface area contributed by atoms with Gasteiger partial charge in [0.1, 0.15) is 0 Å². The molecule has 2 nitrogen and oxygen atoms in total. The predicted molar refractivity (Wildman–Crippen MR) is 74.2 cm³/mol. The van der Waals surface area contributed by atoms with Crippen molar-refractivity contribution in [1.29, 1.82) is 0 Å². The van der Waals surface area contributed by atoms with E-state index in [0.29, 0.717) is 12.0 Å². The highest BCUT2D eigenvalue weighted by molar-refractivity contribution is 9.10. The Morgan fingerprint density at radius 1 is 1.35 bits per heavy atom. The van der Waals surface area contributed by atoms with E-state index in [0.717, 1.165) is 37.1 Å². The van der Waals surface area contributed by atoms with Gasteiger partial charge in [0, 0.05) is 23.0 Å². The largest absolute Gasteiger partial charge is 0.381 e. The van der Waals surface area contributed by atoms with Crippen molar-refractivity contribution in [2.24, 2.45) is 5.92 Å². The molecule has 1 aromatic carbocycles. The molecule has 0 unspecified atom stereocenters. The third-order valence-corrected chi connectivity index (χ3v) is 3.88. The van der Waals surface area contributed by atoms with Crippen molar-refractivity contribution >= 4 is 15.9 Å². The summed E-state index contributed by atoms with van der Waals surface area (Å²) in [6, 6.07) is 9.23. The van der Waals surface area contributed by atoms with Gasteiger partial charge in [-0.1, -0.05) is 35.0 Å². The SMILES string of the molecule is CCN[C@@H]1CCOC[C@@H]1Cc1ccc(Br)cc1. The molecule has 2 rings (SSSR count). The fourth-order valence-electron chi connectivity index (χ4n) is 2.45. The fourth-order valence-corrected chi connectivity index (χ4v) is 2.72. The van der Waals surface area contributed by atoms with Gasteiger partial charge in [0.2, 0.25) is 0 Å². The molecule has 0 radical (unpaired) electrons. The Morgan fingerprint density at radius 2 is 2.12 bits per heavy atom. The zero-order valence-corrected chi connectivity index (χ0v) is 11.9. The number of benzene rings is 1. The minimum Gasteiger partial charge on any atom is -0.381 e. The molecule has 0 aliphatic carbocycles. The van der Waals surface area contributed by atoms with Crippen LogP contribution in [0.3, 0.4) is 0 Å². The molecule has 94 valence electrons. The molecule has 1 aliphatic rings. The van der Waals surface area contributed by atoms with Crippen LogP contribution in [0, 0.1) is 5.92 Å². The first-order valence-electron chi connectivity index (χ1n) is 6.35. The molecule has 0 bridgehead atoms. The van der Waals surface area contributed by atoms with Gasteiger partial charge < -0.3 is 10.1 Å². The first kappa shape index (κ1) is 13.1. The molecule has 1 aliphatic heterocycles. The molecule has 1 fully saturated rings. The van der Waals surface area contributed by atoms with Crippen LogP contribution in [0.25, 0.3) is 0 Å². The number of hydrogen-bond acceptors (Lipinski definition) is 2. The van der Waals surface area contributed by atoms with Gasteiger partial charge in [-0.3, -0.25) is 0 Å². The van der Waals surface area contributed by atoms with Crippen molar-refractivity contribution in [3.63, 3.8) is 0 Å². The summed E-state index contributed by atoms with van der Waals surface area (Å²) < 4.78 is 6.75. The van der Waals surface area contributed by atoms with Crippen molar-refractivity contribution in [1.82, 2.24) is 5.32 Å². The smallest absolute Gasteiger partial charge is 0.0512 e. The van der Waals surface area contributed by atoms with E-state index < -0.39 is 0 Å². The van der Waals surface area contributed by atoms with Crippen LogP contribution in [0.5, 0.6) is 0 Å². The van der Waals surface area contributed by atoms with Crippen molar-refractivity contribution in [2.75, 3.05) is 19.8 Å². The lowest BCUT2D eigenvalue weighted by Crippen LogP contribution is -2.43. The van der Waals surface area contributed by atoms with Gasteiger partial charge in [-0.2, -0.15) is 0 Å². The maximum absolute atomic E-state index is 5.61. The van der Waals surface area contributed by atoms with Crippen molar-refractivity contribution in [2.45, 2.75) is 25.8 Å². The molecule has 2 atom stereocenters. The van der Waals surface area contributed by atoms with E-state index in [4.69, 9.17) is 4.74 Å². The van der Waals surface area contributed by atoms with Gasteiger partial charge in [-0.05, 0) is 37.1 Å². The van der Waals surface area contributed by atoms with Crippen LogP contribution >= 0.6 is 15.9 Å². The average Bonchev–Trinajstić information content (AvgIpc) is 2.35. The number of hydrogen-bond donors (Lipinski definition) is 1. The lowest BCUT2D eigenvalue weighted by molar-refractivity contribution is 0.0327. The van der Waals surface area contributed by atoms with Crippen molar-refractivity contribution < 1.29 is 4.74 Å². The first-order chi connectivity index (χ1) is 8.29. The molecule has 0 saturated carbocycles. The van der Waals surface area contributed by atoms with E-state index in [1.165, 1.54) is 5.56 Å². The molecule has 1 N–H and O–H groups in total. The summed E-state index contributed by atoms with van der Waals surface area (Å²) in [7, 11) is 0. The molecule has 1 heterocycles. The summed E-state index contributed by atoms with van der Waals surface area (Å²) in [4.78, 5) is 0. The zero-order chi connectivity index (χ0) is 12.1. The van der Waals surface area contributed by atoms with Crippen LogP contribution in [0.15, 0.2) is 28.7 Å². The van der Waals surface area contributed by atoms with Crippen molar-refractivity contribution in [3.8, 4) is 0 Å². The van der Waals surface area contributed by atoms with Gasteiger partial charge in [0.15, 0.2) is 0 Å². The Morgan fingerprint density at radius 3 is 2.82 bits per heavy atom. The Labute approximate surface area is 112 Å². The van der Waals surface area contributed by atoms with E-state index in [9.17, 15) is 0 Å². The van der Waals surface area contributed by atoms with E-state index in [2.05, 4.69) is 52.4 Å². The van der Waals surface area contributed by atoms with Gasteiger partial charge in [0.25, 0.3) is 0 Å². The van der Waals surface area contributed by atoms with Crippen LogP contribution in [-0.2, 0) is 11.2 Å². The lowest BCUT2D eigenvalue weighted by atomic mass is 9.89. The third-order valence-electron chi connectivity index (χ3n) is 3.35. The fraction of sp³-hybridized carbons (Fsp3) is 0.571. The highest BCUT2D eigenvalue weighted by atomic mass is 79.9. The highest BCUT2D eigenvalue weighted by Crippen LogP contribution is 2.21. The van der Waals surface area contributed by atoms with Crippen LogP contribution < -0.4 is 5.32 Å². The van der Waals surface area contributed by atoms with E-state index in [-0.39, 0.29) is 0 Å². The van der Waals surface area contributed by atoms with Gasteiger partial charge in [0.05, 0.1) is 6.61 Å². The standard InChI is InChI=1S/C14H20BrNO/c1-2-16-14-7-8-17-10-12(14)9-11-3-5-13(15)6-4-11/h3-6,12,14,16H,2,7-10H2,1H3/t12-,14+/m0/s1. The van der Waals surface area contributed by atoms with Crippen LogP contribution in [0.4, 0.5) is 0 Å². The lowest BCUT2D eigenvalue weighted by Gasteiger charge is -2.32. The van der Waals surface area contributed by atoms with Gasteiger partial charge >= 0.3 is 0 Å². The number of nitrogens with one attached hydrogen (secondary N) is 1. The summed E-state index contributed by atoms with van der Waals surface area (Å²) in [6.45, 7) is 5.00. The highest BCUT2D eigenvalue weighted by Gasteiger charge is 2.24. The predicted octanol–water partition coefficient (Wildman–Crippen LogP) is 3.01. The number of ether oxygens (including phenoxy) is 1. The summed E-state index contributed by atoms with van der Waals surface area (Å²) in [5, 5.41) is 3.58. The van der Waals surface area contributed by atoms with Crippen LogP contribution in [-0.4, -0.2) is 25.8 Å². The molecule has 1 saturated heterocycles. The summed E-state index contributed by atoms with van der Waals surface area (Å²) in [6.07, 6.45) is 2.24. The molecule has 1 aromatic rings. The van der Waals surface area contributed by atoms with E-state index >= 15 is 0 Å². The second-order valence-electron chi connectivity index (χ2n) is 4.62. The second-order valence-corrected chi connectivity index (χ2v) is 5.53. The molecule has 0 aromatic heterocycles. The number of rotatable bonds is 4. The monoisotopic (exact) mass is 297 g/mol. The molecule has 0 amide bonds. The number of halogens is 1. The minimum atomic E-state index is 0.602. The second kappa shape index (κ2) is 6.53. The van der Waals surface area contributed by atoms with Crippen molar-refractivity contribution in [3.05, 3.63) is 34.3 Å². The van der Waals surface area contributed by atoms with E-state index in [1.54, 1.807) is 0 Å². The minimum absolute atomic E-state index is 0.602. The summed E-state index contributed by atoms with van der Waals surface area (Å²) in [5.41, 5.74) is 1.40. The molecular formula is C14H20BrNO. The van der Waals surface area contributed by atoms with Crippen LogP contribution in [0.2, 0.25) is 0 Å². The Hall–Kier alpha value is -0.380. The Balaban J connectivity index is 1.97. The Kier molecular flexibility index (Phi) is 5.01. The topological polar surface area (TPSA) is 21.3 Å². The van der Waals surface area contributed by atoms with Gasteiger partial charge in [-0.15, -0.1) is 0 Å². The molecule has 17 heavy (non-hydrogen) atoms. The zero-order valence-electron chi connectivity index (χ0n) is 10.3. The van der Waals surface area contributed by atoms with Crippen LogP contribution in [0.1, 0.15) is 18.9 Å². The normalized spacial score (nSPS) is 24.8. The molecule has 3 heteroatoms. The van der Waals surface area contributed by atoms with Gasteiger partial charge in [-0.25, -0.2) is 0 Å². The first-order valence-corrected chi connectivity index (χ1v) is 7.14. The Bertz CT molecular complexity index is 337. The van der Waals surface area contributed by atoms with E-state index in [1.807, 2.05) is 0 Å². The summed E-state index contributed by atoms with van der Waals surface area (Å²) in [5.74, 6) is 0.602. The maximum Gasteiger partial charge on any atom is 0.0512 e. The third kappa shape index (κ3) is 3.80. The maximum atomic E-state index is 5.61. The molecule has 0 spiro atoms. The quantitative estimate of drug-likeness (QED) is 0.922.